The van der Waals surface area contributed by atoms with Gasteiger partial charge < -0.3 is 14.7 Å². The van der Waals surface area contributed by atoms with Crippen LogP contribution in [0.15, 0.2) is 67.1 Å². The normalized spacial score (nSPS) is 11.8. The number of fused-ring (bicyclic) bond motifs is 1. The van der Waals surface area contributed by atoms with E-state index in [1.807, 2.05) is 52.1 Å². The number of benzene rings is 2. The Bertz CT molecular complexity index is 1240. The maximum atomic E-state index is 12.7. The maximum absolute atomic E-state index is 12.7. The molecule has 0 aliphatic rings. The molecule has 1 N–H and O–H groups in total. The average Bonchev–Trinajstić information content (AvgIpc) is 3.43. The van der Waals surface area contributed by atoms with Gasteiger partial charge in [0.05, 0.1) is 23.5 Å². The van der Waals surface area contributed by atoms with Gasteiger partial charge in [-0.1, -0.05) is 25.5 Å². The number of halogens is 3. The van der Waals surface area contributed by atoms with Crippen LogP contribution >= 0.6 is 0 Å². The van der Waals surface area contributed by atoms with Gasteiger partial charge in [0.25, 0.3) is 0 Å². The second-order valence-electron chi connectivity index (χ2n) is 7.95. The van der Waals surface area contributed by atoms with Crippen molar-refractivity contribution in [2.75, 3.05) is 0 Å². The van der Waals surface area contributed by atoms with Gasteiger partial charge in [-0.15, -0.1) is 0 Å². The Morgan fingerprint density at radius 2 is 1.85 bits per heavy atom. The molecule has 0 aliphatic heterocycles. The fourth-order valence-electron chi connectivity index (χ4n) is 3.66. The molecular weight excluding hydrogens is 429 g/mol. The number of alkyl halides is 3. The molecule has 0 atom stereocenters. The molecule has 2 aromatic heterocycles. The van der Waals surface area contributed by atoms with Crippen molar-refractivity contribution in [2.45, 2.75) is 45.5 Å². The lowest BCUT2D eigenvalue weighted by atomic mass is 10.1. The van der Waals surface area contributed by atoms with Crippen LogP contribution in [0.25, 0.3) is 16.6 Å². The van der Waals surface area contributed by atoms with Crippen molar-refractivity contribution in [3.8, 4) is 11.4 Å². The first-order valence-electron chi connectivity index (χ1n) is 10.8. The number of aryl methyl sites for hydroxylation is 1. The molecular formula is C25H25F3N4O. The van der Waals surface area contributed by atoms with Gasteiger partial charge >= 0.3 is 6.18 Å². The summed E-state index contributed by atoms with van der Waals surface area (Å²) in [5.74, 6) is 0.625. The Morgan fingerprint density at radius 3 is 2.58 bits per heavy atom. The SMILES string of the molecule is CCCC(=N)CCn1ncc2cc(-n3ccc(OCc4ccc(C(F)(F)F)cc4)c3)ccc21. The summed E-state index contributed by atoms with van der Waals surface area (Å²) in [7, 11) is 0. The van der Waals surface area contributed by atoms with E-state index in [0.29, 0.717) is 24.3 Å². The Labute approximate surface area is 189 Å². The molecule has 0 unspecified atom stereocenters. The fourth-order valence-corrected chi connectivity index (χ4v) is 3.66. The quantitative estimate of drug-likeness (QED) is 0.289. The summed E-state index contributed by atoms with van der Waals surface area (Å²) in [6.45, 7) is 2.94. The predicted molar refractivity (Wildman–Crippen MR) is 122 cm³/mol. The van der Waals surface area contributed by atoms with Crippen LogP contribution in [-0.2, 0) is 19.3 Å². The van der Waals surface area contributed by atoms with Crippen LogP contribution in [0.4, 0.5) is 13.2 Å². The number of ether oxygens (including phenoxy) is 1. The van der Waals surface area contributed by atoms with Crippen molar-refractivity contribution in [1.29, 1.82) is 5.41 Å². The molecule has 0 fully saturated rings. The van der Waals surface area contributed by atoms with Gasteiger partial charge in [-0.3, -0.25) is 4.68 Å². The number of nitrogens with zero attached hydrogens (tertiary/aromatic N) is 3. The number of nitrogens with one attached hydrogen (secondary N) is 1. The highest BCUT2D eigenvalue weighted by Gasteiger charge is 2.29. The molecule has 2 aromatic carbocycles. The average molecular weight is 454 g/mol. The molecule has 8 heteroatoms. The van der Waals surface area contributed by atoms with Crippen molar-refractivity contribution < 1.29 is 17.9 Å². The van der Waals surface area contributed by atoms with E-state index in [1.165, 1.54) is 12.1 Å². The van der Waals surface area contributed by atoms with Gasteiger partial charge in [-0.05, 0) is 48.4 Å². The number of hydrogen-bond donors (Lipinski definition) is 1. The molecule has 4 rings (SSSR count). The van der Waals surface area contributed by atoms with E-state index in [0.717, 1.165) is 47.3 Å². The molecule has 172 valence electrons. The molecule has 5 nitrogen and oxygen atoms in total. The van der Waals surface area contributed by atoms with Crippen LogP contribution in [0.2, 0.25) is 0 Å². The van der Waals surface area contributed by atoms with Crippen LogP contribution in [-0.4, -0.2) is 20.1 Å². The summed E-state index contributed by atoms with van der Waals surface area (Å²) in [5.41, 5.74) is 2.71. The van der Waals surface area contributed by atoms with Crippen LogP contribution in [0.3, 0.4) is 0 Å². The summed E-state index contributed by atoms with van der Waals surface area (Å²) >= 11 is 0. The zero-order chi connectivity index (χ0) is 23.4. The zero-order valence-corrected chi connectivity index (χ0v) is 18.3. The highest BCUT2D eigenvalue weighted by molar-refractivity contribution is 5.82. The number of hydrogen-bond acceptors (Lipinski definition) is 3. The number of aromatic nitrogens is 3. The van der Waals surface area contributed by atoms with Gasteiger partial charge in [0.1, 0.15) is 12.4 Å². The highest BCUT2D eigenvalue weighted by Crippen LogP contribution is 2.29. The summed E-state index contributed by atoms with van der Waals surface area (Å²) in [6, 6.07) is 12.8. The van der Waals surface area contributed by atoms with E-state index >= 15 is 0 Å². The first kappa shape index (κ1) is 22.6. The third kappa shape index (κ3) is 5.45. The minimum atomic E-state index is -4.34. The van der Waals surface area contributed by atoms with Crippen LogP contribution in [0.5, 0.6) is 5.75 Å². The third-order valence-corrected chi connectivity index (χ3v) is 5.45. The first-order chi connectivity index (χ1) is 15.8. The third-order valence-electron chi connectivity index (χ3n) is 5.45. The van der Waals surface area contributed by atoms with Crippen molar-refractivity contribution in [2.24, 2.45) is 0 Å². The van der Waals surface area contributed by atoms with Crippen LogP contribution < -0.4 is 4.74 Å². The second-order valence-corrected chi connectivity index (χ2v) is 7.95. The Morgan fingerprint density at radius 1 is 1.06 bits per heavy atom. The summed E-state index contributed by atoms with van der Waals surface area (Å²) in [6.07, 6.45) is 3.69. The van der Waals surface area contributed by atoms with Crippen molar-refractivity contribution >= 4 is 16.6 Å². The van der Waals surface area contributed by atoms with E-state index in [1.54, 1.807) is 0 Å². The largest absolute Gasteiger partial charge is 0.487 e. The molecule has 33 heavy (non-hydrogen) atoms. The molecule has 0 spiro atoms. The lowest BCUT2D eigenvalue weighted by Crippen LogP contribution is -2.05. The monoisotopic (exact) mass is 454 g/mol. The van der Waals surface area contributed by atoms with Crippen molar-refractivity contribution in [3.63, 3.8) is 0 Å². The Kier molecular flexibility index (Phi) is 6.53. The maximum Gasteiger partial charge on any atom is 0.416 e. The number of rotatable bonds is 9. The first-order valence-corrected chi connectivity index (χ1v) is 10.8. The molecule has 0 saturated heterocycles. The van der Waals surface area contributed by atoms with Gasteiger partial charge in [-0.25, -0.2) is 0 Å². The van der Waals surface area contributed by atoms with Crippen molar-refractivity contribution in [1.82, 2.24) is 14.3 Å². The Hall–Kier alpha value is -3.55. The molecule has 0 bridgehead atoms. The Balaban J connectivity index is 1.40. The van der Waals surface area contributed by atoms with Gasteiger partial charge in [0.15, 0.2) is 0 Å². The van der Waals surface area contributed by atoms with Crippen LogP contribution in [0.1, 0.15) is 37.3 Å². The van der Waals surface area contributed by atoms with Gasteiger partial charge in [0.2, 0.25) is 0 Å². The summed E-state index contributed by atoms with van der Waals surface area (Å²) in [5, 5.41) is 13.4. The highest BCUT2D eigenvalue weighted by atomic mass is 19.4. The van der Waals surface area contributed by atoms with E-state index in [-0.39, 0.29) is 6.61 Å². The van der Waals surface area contributed by atoms with Gasteiger partial charge in [0, 0.05) is 35.9 Å². The molecule has 0 saturated carbocycles. The van der Waals surface area contributed by atoms with Crippen molar-refractivity contribution in [3.05, 3.63) is 78.2 Å². The lowest BCUT2D eigenvalue weighted by molar-refractivity contribution is -0.137. The second kappa shape index (κ2) is 9.52. The predicted octanol–water partition coefficient (Wildman–Crippen LogP) is 6.63. The fraction of sp³-hybridized carbons (Fsp3) is 0.280. The topological polar surface area (TPSA) is 55.8 Å². The van der Waals surface area contributed by atoms with E-state index in [4.69, 9.17) is 10.1 Å². The molecule has 2 heterocycles. The lowest BCUT2D eigenvalue weighted by Gasteiger charge is -2.08. The summed E-state index contributed by atoms with van der Waals surface area (Å²) < 4.78 is 47.7. The zero-order valence-electron chi connectivity index (χ0n) is 18.3. The van der Waals surface area contributed by atoms with E-state index in [9.17, 15) is 13.2 Å². The van der Waals surface area contributed by atoms with Gasteiger partial charge in [-0.2, -0.15) is 18.3 Å². The molecule has 0 amide bonds. The van der Waals surface area contributed by atoms with E-state index < -0.39 is 11.7 Å². The molecule has 0 aliphatic carbocycles. The molecule has 0 radical (unpaired) electrons. The minimum absolute atomic E-state index is 0.182. The minimum Gasteiger partial charge on any atom is -0.487 e. The van der Waals surface area contributed by atoms with E-state index in [2.05, 4.69) is 12.0 Å². The van der Waals surface area contributed by atoms with Crippen LogP contribution in [0, 0.1) is 5.41 Å². The summed E-state index contributed by atoms with van der Waals surface area (Å²) in [4.78, 5) is 0. The smallest absolute Gasteiger partial charge is 0.416 e. The molecule has 4 aromatic rings. The standard InChI is InChI=1S/C25H25F3N4O/c1-2-3-21(29)10-13-32-24-9-8-22(14-19(24)15-30-32)31-12-11-23(16-31)33-17-18-4-6-20(7-5-18)25(26,27)28/h4-9,11-12,14-16,29H,2-3,10,13,17H2,1H3.